The fraction of sp³-hybridized carbons (Fsp3) is 0.111. The molecule has 0 saturated carbocycles. The SMILES string of the molecule is O=C(CSc1nnc(Cc2ccc(Cl)cc2)c(=O)[nH]1)Nc1ccc(F)cc1. The first-order valence-electron chi connectivity index (χ1n) is 7.88. The molecule has 0 aliphatic carbocycles. The molecule has 0 spiro atoms. The minimum Gasteiger partial charge on any atom is -0.325 e. The molecule has 0 radical (unpaired) electrons. The fourth-order valence-corrected chi connectivity index (χ4v) is 2.92. The molecule has 6 nitrogen and oxygen atoms in total. The monoisotopic (exact) mass is 404 g/mol. The van der Waals surface area contributed by atoms with E-state index >= 15 is 0 Å². The number of anilines is 1. The fourth-order valence-electron chi connectivity index (χ4n) is 2.19. The van der Waals surface area contributed by atoms with Crippen LogP contribution in [0.5, 0.6) is 0 Å². The molecule has 3 aromatic rings. The zero-order valence-corrected chi connectivity index (χ0v) is 15.5. The zero-order valence-electron chi connectivity index (χ0n) is 13.9. The van der Waals surface area contributed by atoms with E-state index in [9.17, 15) is 14.0 Å². The van der Waals surface area contributed by atoms with Crippen LogP contribution in [0.4, 0.5) is 10.1 Å². The van der Waals surface area contributed by atoms with Gasteiger partial charge in [0.05, 0.1) is 5.75 Å². The summed E-state index contributed by atoms with van der Waals surface area (Å²) in [6.07, 6.45) is 0.329. The smallest absolute Gasteiger partial charge is 0.273 e. The first-order chi connectivity index (χ1) is 13.0. The number of aromatic nitrogens is 3. The van der Waals surface area contributed by atoms with Crippen LogP contribution in [0.3, 0.4) is 0 Å². The van der Waals surface area contributed by atoms with Crippen molar-refractivity contribution < 1.29 is 9.18 Å². The van der Waals surface area contributed by atoms with Crippen LogP contribution >= 0.6 is 23.4 Å². The van der Waals surface area contributed by atoms with Crippen LogP contribution in [0.15, 0.2) is 58.5 Å². The van der Waals surface area contributed by atoms with Gasteiger partial charge in [-0.1, -0.05) is 35.5 Å². The number of aromatic amines is 1. The lowest BCUT2D eigenvalue weighted by molar-refractivity contribution is -0.113. The Kier molecular flexibility index (Phi) is 6.20. The maximum atomic E-state index is 12.8. The number of halogens is 2. The van der Waals surface area contributed by atoms with Gasteiger partial charge in [-0.2, -0.15) is 0 Å². The van der Waals surface area contributed by atoms with Gasteiger partial charge in [0, 0.05) is 17.1 Å². The maximum absolute atomic E-state index is 12.8. The lowest BCUT2D eigenvalue weighted by atomic mass is 10.1. The predicted octanol–water partition coefficient (Wildman–Crippen LogP) is 3.28. The molecule has 0 atom stereocenters. The van der Waals surface area contributed by atoms with Gasteiger partial charge in [-0.25, -0.2) is 4.39 Å². The number of amides is 1. The van der Waals surface area contributed by atoms with E-state index < -0.39 is 0 Å². The first-order valence-corrected chi connectivity index (χ1v) is 9.24. The molecule has 0 fully saturated rings. The second kappa shape index (κ2) is 8.79. The predicted molar refractivity (Wildman–Crippen MR) is 103 cm³/mol. The van der Waals surface area contributed by atoms with E-state index in [1.165, 1.54) is 24.3 Å². The van der Waals surface area contributed by atoms with E-state index in [1.54, 1.807) is 12.1 Å². The van der Waals surface area contributed by atoms with Crippen molar-refractivity contribution in [1.29, 1.82) is 0 Å². The lowest BCUT2D eigenvalue weighted by Crippen LogP contribution is -2.19. The van der Waals surface area contributed by atoms with Gasteiger partial charge in [0.2, 0.25) is 5.91 Å². The summed E-state index contributed by atoms with van der Waals surface area (Å²) in [7, 11) is 0. The topological polar surface area (TPSA) is 87.7 Å². The molecule has 3 rings (SSSR count). The van der Waals surface area contributed by atoms with E-state index in [2.05, 4.69) is 20.5 Å². The molecule has 1 heterocycles. The second-order valence-electron chi connectivity index (χ2n) is 5.55. The molecule has 138 valence electrons. The largest absolute Gasteiger partial charge is 0.325 e. The van der Waals surface area contributed by atoms with E-state index in [4.69, 9.17) is 11.6 Å². The van der Waals surface area contributed by atoms with Gasteiger partial charge >= 0.3 is 0 Å². The highest BCUT2D eigenvalue weighted by atomic mass is 35.5. The van der Waals surface area contributed by atoms with Crippen molar-refractivity contribution in [3.8, 4) is 0 Å². The number of thioether (sulfide) groups is 1. The molecule has 1 amide bonds. The number of hydrogen-bond donors (Lipinski definition) is 2. The first kappa shape index (κ1) is 19.1. The maximum Gasteiger partial charge on any atom is 0.273 e. The van der Waals surface area contributed by atoms with Crippen molar-refractivity contribution in [2.24, 2.45) is 0 Å². The van der Waals surface area contributed by atoms with Gasteiger partial charge in [0.25, 0.3) is 5.56 Å². The van der Waals surface area contributed by atoms with Gasteiger partial charge in [-0.05, 0) is 42.0 Å². The van der Waals surface area contributed by atoms with Gasteiger partial charge in [-0.15, -0.1) is 10.2 Å². The Bertz CT molecular complexity index is 993. The molecule has 0 unspecified atom stereocenters. The van der Waals surface area contributed by atoms with Crippen molar-refractivity contribution in [2.75, 3.05) is 11.1 Å². The molecule has 0 aliphatic rings. The summed E-state index contributed by atoms with van der Waals surface area (Å²) in [5, 5.41) is 11.4. The summed E-state index contributed by atoms with van der Waals surface area (Å²) in [6, 6.07) is 12.5. The van der Waals surface area contributed by atoms with Gasteiger partial charge in [-0.3, -0.25) is 14.6 Å². The minimum atomic E-state index is -0.381. The number of nitrogens with one attached hydrogen (secondary N) is 2. The number of carbonyl (C=O) groups is 1. The third-order valence-electron chi connectivity index (χ3n) is 3.50. The van der Waals surface area contributed by atoms with Crippen molar-refractivity contribution in [1.82, 2.24) is 15.2 Å². The van der Waals surface area contributed by atoms with Crippen molar-refractivity contribution in [3.63, 3.8) is 0 Å². The summed E-state index contributed by atoms with van der Waals surface area (Å²) >= 11 is 6.89. The molecule has 1 aromatic heterocycles. The highest BCUT2D eigenvalue weighted by Crippen LogP contribution is 2.14. The van der Waals surface area contributed by atoms with E-state index in [0.29, 0.717) is 17.1 Å². The summed E-state index contributed by atoms with van der Waals surface area (Å²) in [6.45, 7) is 0. The molecular weight excluding hydrogens is 391 g/mol. The van der Waals surface area contributed by atoms with Crippen LogP contribution in [0.25, 0.3) is 0 Å². The van der Waals surface area contributed by atoms with Crippen LogP contribution in [-0.4, -0.2) is 26.8 Å². The molecule has 27 heavy (non-hydrogen) atoms. The van der Waals surface area contributed by atoms with Crippen LogP contribution in [0.2, 0.25) is 5.02 Å². The Morgan fingerprint density at radius 1 is 1.11 bits per heavy atom. The van der Waals surface area contributed by atoms with Crippen molar-refractivity contribution >= 4 is 35.0 Å². The zero-order chi connectivity index (χ0) is 19.2. The highest BCUT2D eigenvalue weighted by Gasteiger charge is 2.09. The number of carbonyl (C=O) groups excluding carboxylic acids is 1. The van der Waals surface area contributed by atoms with E-state index in [-0.39, 0.29) is 33.9 Å². The van der Waals surface area contributed by atoms with Crippen LogP contribution in [0, 0.1) is 5.82 Å². The second-order valence-corrected chi connectivity index (χ2v) is 6.95. The van der Waals surface area contributed by atoms with Crippen LogP contribution in [0.1, 0.15) is 11.3 Å². The average Bonchev–Trinajstić information content (AvgIpc) is 2.66. The number of rotatable bonds is 6. The Balaban J connectivity index is 1.57. The summed E-state index contributed by atoms with van der Waals surface area (Å²) < 4.78 is 12.8. The summed E-state index contributed by atoms with van der Waals surface area (Å²) in [5.74, 6) is -0.660. The highest BCUT2D eigenvalue weighted by molar-refractivity contribution is 7.99. The number of benzene rings is 2. The summed E-state index contributed by atoms with van der Waals surface area (Å²) in [4.78, 5) is 26.7. The lowest BCUT2D eigenvalue weighted by Gasteiger charge is -2.05. The quantitative estimate of drug-likeness (QED) is 0.615. The average molecular weight is 405 g/mol. The Morgan fingerprint density at radius 3 is 2.48 bits per heavy atom. The van der Waals surface area contributed by atoms with Crippen molar-refractivity contribution in [2.45, 2.75) is 11.6 Å². The molecular formula is C18H14ClFN4O2S. The molecule has 2 aromatic carbocycles. The number of H-pyrrole nitrogens is 1. The minimum absolute atomic E-state index is 0.0263. The summed E-state index contributed by atoms with van der Waals surface area (Å²) in [5.41, 5.74) is 1.29. The standard InChI is InChI=1S/C18H14ClFN4O2S/c19-12-3-1-11(2-4-12)9-15-17(26)22-18(24-23-15)27-10-16(25)21-14-7-5-13(20)6-8-14/h1-8H,9-10H2,(H,21,25)(H,22,24,26). The number of hydrogen-bond acceptors (Lipinski definition) is 5. The van der Waals surface area contributed by atoms with Gasteiger partial charge in [0.15, 0.2) is 5.16 Å². The molecule has 0 saturated heterocycles. The molecule has 9 heteroatoms. The van der Waals surface area contributed by atoms with Crippen molar-refractivity contribution in [3.05, 3.63) is 81.0 Å². The van der Waals surface area contributed by atoms with E-state index in [0.717, 1.165) is 17.3 Å². The van der Waals surface area contributed by atoms with Crippen LogP contribution < -0.4 is 10.9 Å². The Morgan fingerprint density at radius 2 is 1.81 bits per heavy atom. The number of nitrogens with zero attached hydrogens (tertiary/aromatic N) is 2. The Labute approximate surface area is 163 Å². The third-order valence-corrected chi connectivity index (χ3v) is 4.61. The van der Waals surface area contributed by atoms with E-state index in [1.807, 2.05) is 12.1 Å². The molecule has 0 aliphatic heterocycles. The van der Waals surface area contributed by atoms with Gasteiger partial charge < -0.3 is 5.32 Å². The van der Waals surface area contributed by atoms with Crippen LogP contribution in [-0.2, 0) is 11.2 Å². The molecule has 2 N–H and O–H groups in total. The normalized spacial score (nSPS) is 10.6. The third kappa shape index (κ3) is 5.63. The Hall–Kier alpha value is -2.71. The molecule has 0 bridgehead atoms. The van der Waals surface area contributed by atoms with Gasteiger partial charge in [0.1, 0.15) is 11.5 Å².